The van der Waals surface area contributed by atoms with E-state index in [9.17, 15) is 5.11 Å². The lowest BCUT2D eigenvalue weighted by Gasteiger charge is -2.25. The summed E-state index contributed by atoms with van der Waals surface area (Å²) in [6, 6.07) is 0. The van der Waals surface area contributed by atoms with Gasteiger partial charge in [0, 0.05) is 32.5 Å². The zero-order valence-electron chi connectivity index (χ0n) is 12.8. The quantitative estimate of drug-likeness (QED) is 0.811. The van der Waals surface area contributed by atoms with E-state index in [0.29, 0.717) is 0 Å². The molecule has 6 heteroatoms. The van der Waals surface area contributed by atoms with Crippen LogP contribution in [0.3, 0.4) is 0 Å². The summed E-state index contributed by atoms with van der Waals surface area (Å²) in [6.07, 6.45) is 2.43. The van der Waals surface area contributed by atoms with Crippen molar-refractivity contribution >= 4 is 5.97 Å². The number of carbonyl (C=O) groups is 1. The molecule has 0 radical (unpaired) electrons. The highest BCUT2D eigenvalue weighted by Gasteiger charge is 2.52. The summed E-state index contributed by atoms with van der Waals surface area (Å²) in [5, 5.41) is 16.8. The van der Waals surface area contributed by atoms with Gasteiger partial charge in [0.2, 0.25) is 0 Å². The average Bonchev–Trinajstić information content (AvgIpc) is 2.79. The van der Waals surface area contributed by atoms with E-state index < -0.39 is 11.8 Å². The molecule has 0 amide bonds. The minimum atomic E-state index is -0.833. The minimum Gasteiger partial charge on any atom is -0.481 e. The third-order valence-electron chi connectivity index (χ3n) is 3.43. The van der Waals surface area contributed by atoms with Gasteiger partial charge >= 0.3 is 0 Å². The summed E-state index contributed by atoms with van der Waals surface area (Å²) < 4.78 is 11.8. The van der Waals surface area contributed by atoms with Gasteiger partial charge in [0.05, 0.1) is 0 Å². The third kappa shape index (κ3) is 4.70. The Bertz CT molecular complexity index is 317. The largest absolute Gasteiger partial charge is 0.481 e. The Kier molecular flexibility index (Phi) is 6.39. The van der Waals surface area contributed by atoms with Crippen LogP contribution in [0.2, 0.25) is 0 Å². The minimum absolute atomic E-state index is 0.0388. The van der Waals surface area contributed by atoms with E-state index in [1.807, 2.05) is 13.8 Å². The maximum Gasteiger partial charge on any atom is 0.300 e. The fraction of sp³-hybridized carbons (Fsp3) is 0.929. The van der Waals surface area contributed by atoms with E-state index in [2.05, 4.69) is 11.8 Å². The summed E-state index contributed by atoms with van der Waals surface area (Å²) in [7, 11) is 0. The van der Waals surface area contributed by atoms with Gasteiger partial charge in [-0.15, -0.1) is 0 Å². The van der Waals surface area contributed by atoms with Gasteiger partial charge in [-0.1, -0.05) is 13.3 Å². The third-order valence-corrected chi connectivity index (χ3v) is 3.43. The van der Waals surface area contributed by atoms with Gasteiger partial charge in [0.1, 0.15) is 12.3 Å². The zero-order chi connectivity index (χ0) is 15.3. The van der Waals surface area contributed by atoms with Crippen LogP contribution in [0, 0.1) is 5.92 Å². The SMILES string of the molecule is CC(=O)O.CCCCN1C[C@H](CO)[C@H]2OC(C)(C)O[C@@H]21. The highest BCUT2D eigenvalue weighted by atomic mass is 16.8. The van der Waals surface area contributed by atoms with Crippen LogP contribution in [-0.4, -0.2) is 58.9 Å². The van der Waals surface area contributed by atoms with Crippen molar-refractivity contribution in [3.05, 3.63) is 0 Å². The molecule has 0 spiro atoms. The monoisotopic (exact) mass is 289 g/mol. The molecule has 118 valence electrons. The van der Waals surface area contributed by atoms with Crippen molar-refractivity contribution in [2.45, 2.75) is 58.7 Å². The van der Waals surface area contributed by atoms with E-state index in [-0.39, 0.29) is 24.9 Å². The normalized spacial score (nSPS) is 31.6. The molecule has 0 aliphatic carbocycles. The number of hydrogen-bond acceptors (Lipinski definition) is 5. The van der Waals surface area contributed by atoms with Crippen molar-refractivity contribution in [1.82, 2.24) is 4.90 Å². The van der Waals surface area contributed by atoms with Crippen molar-refractivity contribution in [3.63, 3.8) is 0 Å². The van der Waals surface area contributed by atoms with E-state index in [1.165, 1.54) is 12.8 Å². The molecule has 2 rings (SSSR count). The van der Waals surface area contributed by atoms with Gasteiger partial charge in [0.25, 0.3) is 5.97 Å². The summed E-state index contributed by atoms with van der Waals surface area (Å²) in [5.74, 6) is -1.14. The Morgan fingerprint density at radius 1 is 1.40 bits per heavy atom. The Morgan fingerprint density at radius 3 is 2.50 bits per heavy atom. The number of fused-ring (bicyclic) bond motifs is 1. The van der Waals surface area contributed by atoms with Gasteiger partial charge in [0.15, 0.2) is 5.79 Å². The second kappa shape index (κ2) is 7.36. The molecule has 2 heterocycles. The Balaban J connectivity index is 0.000000444. The van der Waals surface area contributed by atoms with Crippen molar-refractivity contribution in [1.29, 1.82) is 0 Å². The van der Waals surface area contributed by atoms with E-state index in [1.54, 1.807) is 0 Å². The molecule has 0 aromatic heterocycles. The first-order valence-electron chi connectivity index (χ1n) is 7.20. The van der Waals surface area contributed by atoms with Crippen LogP contribution in [0.4, 0.5) is 0 Å². The number of aliphatic carboxylic acids is 1. The van der Waals surface area contributed by atoms with Crippen molar-refractivity contribution in [2.75, 3.05) is 19.7 Å². The lowest BCUT2D eigenvalue weighted by Crippen LogP contribution is -2.35. The molecule has 0 saturated carbocycles. The number of nitrogens with zero attached hydrogens (tertiary/aromatic N) is 1. The fourth-order valence-corrected chi connectivity index (χ4v) is 2.63. The Hall–Kier alpha value is -0.690. The molecule has 2 fully saturated rings. The molecule has 0 aromatic carbocycles. The predicted octanol–water partition coefficient (Wildman–Crippen LogP) is 1.28. The van der Waals surface area contributed by atoms with E-state index in [4.69, 9.17) is 19.4 Å². The molecule has 0 unspecified atom stereocenters. The maximum absolute atomic E-state index is 9.36. The Labute approximate surface area is 120 Å². The van der Waals surface area contributed by atoms with Crippen LogP contribution in [0.25, 0.3) is 0 Å². The summed E-state index contributed by atoms with van der Waals surface area (Å²) in [5.41, 5.74) is 0. The molecule has 2 saturated heterocycles. The number of carboxylic acids is 1. The van der Waals surface area contributed by atoms with Gasteiger partial charge in [-0.2, -0.15) is 0 Å². The van der Waals surface area contributed by atoms with Crippen molar-refractivity contribution < 1.29 is 24.5 Å². The number of unbranched alkanes of at least 4 members (excludes halogenated alkanes) is 1. The first-order chi connectivity index (χ1) is 9.30. The number of aliphatic hydroxyl groups excluding tert-OH is 1. The number of aliphatic hydroxyl groups is 1. The number of hydrogen-bond donors (Lipinski definition) is 2. The first kappa shape index (κ1) is 17.4. The van der Waals surface area contributed by atoms with Crippen LogP contribution in [0.5, 0.6) is 0 Å². The first-order valence-corrected chi connectivity index (χ1v) is 7.20. The maximum atomic E-state index is 9.36. The number of rotatable bonds is 4. The molecule has 0 aromatic rings. The highest BCUT2D eigenvalue weighted by Crippen LogP contribution is 2.39. The number of likely N-dealkylation sites (tertiary alicyclic amines) is 1. The van der Waals surface area contributed by atoms with Gasteiger partial charge < -0.3 is 19.7 Å². The zero-order valence-corrected chi connectivity index (χ0v) is 12.8. The van der Waals surface area contributed by atoms with E-state index >= 15 is 0 Å². The number of carboxylic acid groups (broad SMARTS) is 1. The summed E-state index contributed by atoms with van der Waals surface area (Å²) in [4.78, 5) is 11.3. The second-order valence-electron chi connectivity index (χ2n) is 5.80. The van der Waals surface area contributed by atoms with Crippen molar-refractivity contribution in [3.8, 4) is 0 Å². The standard InChI is InChI=1S/C12H23NO3.C2H4O2/c1-4-5-6-13-7-9(8-14)10-11(13)16-12(2,3)15-10;1-2(3)4/h9-11,14H,4-8H2,1-3H3;1H3,(H,3,4)/t9-,10-,11+;/m1./s1. The van der Waals surface area contributed by atoms with Crippen LogP contribution in [0.15, 0.2) is 0 Å². The molecule has 2 aliphatic heterocycles. The van der Waals surface area contributed by atoms with Crippen molar-refractivity contribution in [2.24, 2.45) is 5.92 Å². The van der Waals surface area contributed by atoms with Gasteiger partial charge in [-0.25, -0.2) is 0 Å². The van der Waals surface area contributed by atoms with Crippen LogP contribution in [-0.2, 0) is 14.3 Å². The lowest BCUT2D eigenvalue weighted by molar-refractivity contribution is -0.173. The molecular formula is C14H27NO5. The van der Waals surface area contributed by atoms with E-state index in [0.717, 1.165) is 20.0 Å². The summed E-state index contributed by atoms with van der Waals surface area (Å²) >= 11 is 0. The molecule has 0 bridgehead atoms. The van der Waals surface area contributed by atoms with Crippen LogP contribution in [0.1, 0.15) is 40.5 Å². The Morgan fingerprint density at radius 2 is 2.00 bits per heavy atom. The topological polar surface area (TPSA) is 79.2 Å². The number of ether oxygens (including phenoxy) is 2. The molecule has 2 aliphatic rings. The van der Waals surface area contributed by atoms with Gasteiger partial charge in [-0.05, 0) is 20.3 Å². The molecule has 2 N–H and O–H groups in total. The predicted molar refractivity (Wildman–Crippen MR) is 74.2 cm³/mol. The van der Waals surface area contributed by atoms with Gasteiger partial charge in [-0.3, -0.25) is 9.69 Å². The molecule has 6 nitrogen and oxygen atoms in total. The fourth-order valence-electron chi connectivity index (χ4n) is 2.63. The molecular weight excluding hydrogens is 262 g/mol. The highest BCUT2D eigenvalue weighted by molar-refractivity contribution is 5.62. The molecule has 20 heavy (non-hydrogen) atoms. The lowest BCUT2D eigenvalue weighted by atomic mass is 10.1. The summed E-state index contributed by atoms with van der Waals surface area (Å²) in [6.45, 7) is 9.27. The molecule has 3 atom stereocenters. The second-order valence-corrected chi connectivity index (χ2v) is 5.80. The van der Waals surface area contributed by atoms with Crippen LogP contribution < -0.4 is 0 Å². The average molecular weight is 289 g/mol. The van der Waals surface area contributed by atoms with Crippen LogP contribution >= 0.6 is 0 Å². The smallest absolute Gasteiger partial charge is 0.300 e.